The molecule has 0 saturated carbocycles. The van der Waals surface area contributed by atoms with Gasteiger partial charge in [0, 0.05) is 6.54 Å². The highest BCUT2D eigenvalue weighted by Crippen LogP contribution is 2.26. The zero-order valence-corrected chi connectivity index (χ0v) is 10.5. The van der Waals surface area contributed by atoms with E-state index in [1.165, 1.54) is 0 Å². The lowest BCUT2D eigenvalue weighted by atomic mass is 9.99. The third kappa shape index (κ3) is 3.48. The molecular weight excluding hydrogens is 234 g/mol. The highest BCUT2D eigenvalue weighted by atomic mass is 32.2. The number of carbonyl (C=O) groups is 1. The van der Waals surface area contributed by atoms with Crippen LogP contribution in [0.1, 0.15) is 12.0 Å². The molecule has 3 nitrogen and oxygen atoms in total. The lowest BCUT2D eigenvalue weighted by molar-refractivity contribution is -0.140. The molecule has 2 atom stereocenters. The largest absolute Gasteiger partial charge is 0.480 e. The van der Waals surface area contributed by atoms with Crippen molar-refractivity contribution in [3.8, 4) is 0 Å². The van der Waals surface area contributed by atoms with Crippen LogP contribution >= 0.6 is 11.8 Å². The van der Waals surface area contributed by atoms with E-state index >= 15 is 0 Å². The van der Waals surface area contributed by atoms with Gasteiger partial charge in [-0.1, -0.05) is 30.3 Å². The number of benzene rings is 1. The van der Waals surface area contributed by atoms with Crippen molar-refractivity contribution in [2.45, 2.75) is 19.0 Å². The van der Waals surface area contributed by atoms with E-state index in [2.05, 4.69) is 5.32 Å². The molecule has 17 heavy (non-hydrogen) atoms. The molecule has 2 unspecified atom stereocenters. The molecule has 1 fully saturated rings. The second-order valence-electron chi connectivity index (χ2n) is 4.31. The van der Waals surface area contributed by atoms with Gasteiger partial charge >= 0.3 is 5.97 Å². The summed E-state index contributed by atoms with van der Waals surface area (Å²) < 4.78 is 0. The maximum Gasteiger partial charge on any atom is 0.321 e. The summed E-state index contributed by atoms with van der Waals surface area (Å²) in [5.41, 5.74) is 1.13. The second-order valence-corrected chi connectivity index (χ2v) is 5.46. The topological polar surface area (TPSA) is 49.3 Å². The highest BCUT2D eigenvalue weighted by molar-refractivity contribution is 7.99. The van der Waals surface area contributed by atoms with Gasteiger partial charge in [0.05, 0.1) is 0 Å². The van der Waals surface area contributed by atoms with Crippen LogP contribution in [-0.2, 0) is 11.3 Å². The quantitative estimate of drug-likeness (QED) is 0.840. The third-order valence-electron chi connectivity index (χ3n) is 3.07. The zero-order chi connectivity index (χ0) is 12.1. The monoisotopic (exact) mass is 251 g/mol. The second kappa shape index (κ2) is 6.07. The van der Waals surface area contributed by atoms with Gasteiger partial charge in [0.15, 0.2) is 0 Å². The Bertz CT molecular complexity index is 363. The first-order chi connectivity index (χ1) is 8.27. The van der Waals surface area contributed by atoms with Gasteiger partial charge in [-0.3, -0.25) is 4.79 Å². The summed E-state index contributed by atoms with van der Waals surface area (Å²) in [4.78, 5) is 11.2. The van der Waals surface area contributed by atoms with Crippen LogP contribution in [0.5, 0.6) is 0 Å². The smallest absolute Gasteiger partial charge is 0.321 e. The summed E-state index contributed by atoms with van der Waals surface area (Å²) in [5, 5.41) is 12.4. The molecule has 0 amide bonds. The van der Waals surface area contributed by atoms with Gasteiger partial charge in [-0.15, -0.1) is 0 Å². The first-order valence-electron chi connectivity index (χ1n) is 5.85. The van der Waals surface area contributed by atoms with Crippen LogP contribution in [0.4, 0.5) is 0 Å². The number of hydrogen-bond donors (Lipinski definition) is 2. The Labute approximate surface area is 106 Å². The van der Waals surface area contributed by atoms with Crippen molar-refractivity contribution in [1.82, 2.24) is 5.32 Å². The van der Waals surface area contributed by atoms with Crippen LogP contribution in [0.25, 0.3) is 0 Å². The maximum atomic E-state index is 11.2. The molecule has 1 aliphatic heterocycles. The van der Waals surface area contributed by atoms with Gasteiger partial charge < -0.3 is 10.4 Å². The average molecular weight is 251 g/mol. The SMILES string of the molecule is O=C(O)C(NCc1ccccc1)C1CCSC1. The summed E-state index contributed by atoms with van der Waals surface area (Å²) >= 11 is 1.85. The number of rotatable bonds is 5. The van der Waals surface area contributed by atoms with Crippen LogP contribution in [-0.4, -0.2) is 28.6 Å². The highest BCUT2D eigenvalue weighted by Gasteiger charge is 2.30. The van der Waals surface area contributed by atoms with E-state index < -0.39 is 12.0 Å². The normalized spacial score (nSPS) is 21.3. The van der Waals surface area contributed by atoms with Crippen LogP contribution in [0.15, 0.2) is 30.3 Å². The molecule has 4 heteroatoms. The minimum absolute atomic E-state index is 0.265. The first kappa shape index (κ1) is 12.5. The molecule has 1 aliphatic rings. The number of carboxylic acids is 1. The van der Waals surface area contributed by atoms with E-state index in [0.717, 1.165) is 23.5 Å². The predicted octanol–water partition coefficient (Wildman–Crippen LogP) is 1.98. The fourth-order valence-electron chi connectivity index (χ4n) is 2.09. The van der Waals surface area contributed by atoms with Crippen molar-refractivity contribution in [1.29, 1.82) is 0 Å². The van der Waals surface area contributed by atoms with Gasteiger partial charge in [0.1, 0.15) is 6.04 Å². The lowest BCUT2D eigenvalue weighted by Gasteiger charge is -2.20. The molecule has 0 radical (unpaired) electrons. The fourth-order valence-corrected chi connectivity index (χ4v) is 3.39. The average Bonchev–Trinajstić information content (AvgIpc) is 2.84. The molecule has 1 aromatic rings. The van der Waals surface area contributed by atoms with Gasteiger partial charge in [0.25, 0.3) is 0 Å². The van der Waals surface area contributed by atoms with Crippen molar-refractivity contribution >= 4 is 17.7 Å². The minimum atomic E-state index is -0.728. The van der Waals surface area contributed by atoms with Gasteiger partial charge in [-0.25, -0.2) is 0 Å². The first-order valence-corrected chi connectivity index (χ1v) is 7.00. The lowest BCUT2D eigenvalue weighted by Crippen LogP contribution is -2.42. The minimum Gasteiger partial charge on any atom is -0.480 e. The van der Waals surface area contributed by atoms with E-state index in [1.54, 1.807) is 0 Å². The molecule has 1 aromatic carbocycles. The van der Waals surface area contributed by atoms with E-state index in [-0.39, 0.29) is 5.92 Å². The number of aliphatic carboxylic acids is 1. The van der Waals surface area contributed by atoms with Crippen LogP contribution in [0, 0.1) is 5.92 Å². The Morgan fingerprint density at radius 1 is 1.47 bits per heavy atom. The standard InChI is InChI=1S/C13H17NO2S/c15-13(16)12(11-6-7-17-9-11)14-8-10-4-2-1-3-5-10/h1-5,11-12,14H,6-9H2,(H,15,16). The molecule has 0 aliphatic carbocycles. The van der Waals surface area contributed by atoms with Crippen LogP contribution in [0.3, 0.4) is 0 Å². The Balaban J connectivity index is 1.92. The van der Waals surface area contributed by atoms with Crippen molar-refractivity contribution in [3.63, 3.8) is 0 Å². The summed E-state index contributed by atoms with van der Waals surface area (Å²) in [6.07, 6.45) is 1.00. The number of carboxylic acid groups (broad SMARTS) is 1. The maximum absolute atomic E-state index is 11.2. The third-order valence-corrected chi connectivity index (χ3v) is 4.26. The number of hydrogen-bond acceptors (Lipinski definition) is 3. The molecule has 2 N–H and O–H groups in total. The fraction of sp³-hybridized carbons (Fsp3) is 0.462. The van der Waals surface area contributed by atoms with Crippen molar-refractivity contribution in [2.24, 2.45) is 5.92 Å². The van der Waals surface area contributed by atoms with Crippen molar-refractivity contribution < 1.29 is 9.90 Å². The number of nitrogens with one attached hydrogen (secondary N) is 1. The molecule has 1 heterocycles. The molecule has 0 aromatic heterocycles. The number of thioether (sulfide) groups is 1. The van der Waals surface area contributed by atoms with Gasteiger partial charge in [0.2, 0.25) is 0 Å². The van der Waals surface area contributed by atoms with Crippen LogP contribution in [0.2, 0.25) is 0 Å². The molecular formula is C13H17NO2S. The Morgan fingerprint density at radius 2 is 2.24 bits per heavy atom. The Kier molecular flexibility index (Phi) is 4.45. The summed E-state index contributed by atoms with van der Waals surface area (Å²) in [5.74, 6) is 1.58. The van der Waals surface area contributed by atoms with Crippen LogP contribution < -0.4 is 5.32 Å². The van der Waals surface area contributed by atoms with Gasteiger partial charge in [-0.05, 0) is 29.4 Å². The molecule has 2 rings (SSSR count). The molecule has 0 bridgehead atoms. The molecule has 92 valence electrons. The van der Waals surface area contributed by atoms with E-state index in [9.17, 15) is 9.90 Å². The summed E-state index contributed by atoms with van der Waals surface area (Å²) in [7, 11) is 0. The van der Waals surface area contributed by atoms with Crippen molar-refractivity contribution in [3.05, 3.63) is 35.9 Å². The molecule has 1 saturated heterocycles. The van der Waals surface area contributed by atoms with Gasteiger partial charge in [-0.2, -0.15) is 11.8 Å². The summed E-state index contributed by atoms with van der Waals surface area (Å²) in [6.45, 7) is 0.624. The van der Waals surface area contributed by atoms with Crippen molar-refractivity contribution in [2.75, 3.05) is 11.5 Å². The Hall–Kier alpha value is -1.00. The summed E-state index contributed by atoms with van der Waals surface area (Å²) in [6, 6.07) is 9.51. The molecule has 0 spiro atoms. The van der Waals surface area contributed by atoms with E-state index in [1.807, 2.05) is 42.1 Å². The van der Waals surface area contributed by atoms with E-state index in [0.29, 0.717) is 6.54 Å². The Morgan fingerprint density at radius 3 is 2.82 bits per heavy atom. The zero-order valence-electron chi connectivity index (χ0n) is 9.63. The predicted molar refractivity (Wildman–Crippen MR) is 70.1 cm³/mol. The van der Waals surface area contributed by atoms with E-state index in [4.69, 9.17) is 0 Å².